The number of hydrogen-bond donors (Lipinski definition) is 0. The molecule has 0 aliphatic carbocycles. The van der Waals surface area contributed by atoms with E-state index >= 15 is 0 Å². The zero-order valence-corrected chi connectivity index (χ0v) is 11.2. The molecule has 0 nitrogen and oxygen atoms in total. The molecule has 4 heavy (non-hydrogen) atoms. The van der Waals surface area contributed by atoms with Crippen LogP contribution in [0, 0.1) is 147 Å². The molecule has 0 atom stereocenters. The predicted molar refractivity (Wildman–Crippen MR) is 5.75 cm³/mol. The molecule has 0 heterocycles. The Morgan fingerprint density at radius 3 is 0.500 bits per heavy atom. The van der Waals surface area contributed by atoms with E-state index in [-0.39, 0.29) is 198 Å². The van der Waals surface area contributed by atoms with Gasteiger partial charge in [0.1, 0.15) is 0 Å². The van der Waals surface area contributed by atoms with Gasteiger partial charge in [0, 0.05) is 198 Å². The van der Waals surface area contributed by atoms with Gasteiger partial charge in [-0.3, -0.25) is 0 Å². The average Bonchev–Trinajstić information content (AvgIpc) is 0. The van der Waals surface area contributed by atoms with E-state index in [2.05, 4.69) is 0 Å². The minimum Gasteiger partial charge on any atom is 0 e. The summed E-state index contributed by atoms with van der Waals surface area (Å²) in [4.78, 5) is 0. The van der Waals surface area contributed by atoms with Crippen molar-refractivity contribution in [3.05, 3.63) is 0 Å². The normalized spacial score (nSPS) is 0. The standard InChI is InChI=1S/K.3Xe. The van der Waals surface area contributed by atoms with Crippen molar-refractivity contribution in [1.29, 1.82) is 0 Å². The van der Waals surface area contributed by atoms with Crippen LogP contribution < -0.4 is 0 Å². The van der Waals surface area contributed by atoms with E-state index in [4.69, 9.17) is 0 Å². The number of hydrogen-bond acceptors (Lipinski definition) is 0. The van der Waals surface area contributed by atoms with Crippen molar-refractivity contribution in [2.24, 2.45) is 0 Å². The van der Waals surface area contributed by atoms with Crippen molar-refractivity contribution in [3.63, 3.8) is 0 Å². The molecule has 0 aliphatic rings. The molecule has 0 rings (SSSR count). The van der Waals surface area contributed by atoms with Crippen LogP contribution in [0.2, 0.25) is 0 Å². The van der Waals surface area contributed by atoms with E-state index in [1.807, 2.05) is 0 Å². The summed E-state index contributed by atoms with van der Waals surface area (Å²) in [5.74, 6) is 0. The minimum atomic E-state index is 0. The van der Waals surface area contributed by atoms with Gasteiger partial charge in [0.2, 0.25) is 0 Å². The Hall–Kier alpha value is 6.35. The topological polar surface area (TPSA) is 0 Å². The van der Waals surface area contributed by atoms with Gasteiger partial charge in [-0.2, -0.15) is 0 Å². The second-order valence-corrected chi connectivity index (χ2v) is 0. The van der Waals surface area contributed by atoms with Crippen molar-refractivity contribution in [2.45, 2.75) is 0 Å². The molecule has 0 aromatic heterocycles. The summed E-state index contributed by atoms with van der Waals surface area (Å²) in [6.07, 6.45) is 0. The van der Waals surface area contributed by atoms with Crippen LogP contribution >= 0.6 is 0 Å². The maximum Gasteiger partial charge on any atom is 0 e. The third kappa shape index (κ3) is 11.2. The molecule has 0 unspecified atom stereocenters. The first kappa shape index (κ1) is 22.4. The van der Waals surface area contributed by atoms with Crippen LogP contribution in [-0.4, -0.2) is 51.4 Å². The molecule has 4 heteroatoms. The Labute approximate surface area is 190 Å². The summed E-state index contributed by atoms with van der Waals surface area (Å²) >= 11 is 0. The van der Waals surface area contributed by atoms with Gasteiger partial charge in [-0.25, -0.2) is 0 Å². The van der Waals surface area contributed by atoms with E-state index in [0.717, 1.165) is 0 Å². The molecule has 0 aromatic rings. The van der Waals surface area contributed by atoms with Gasteiger partial charge >= 0.3 is 0 Å². The van der Waals surface area contributed by atoms with Crippen molar-refractivity contribution < 1.29 is 147 Å². The van der Waals surface area contributed by atoms with Crippen molar-refractivity contribution >= 4 is 51.4 Å². The summed E-state index contributed by atoms with van der Waals surface area (Å²) in [6.45, 7) is 0. The minimum absolute atomic E-state index is 0. The maximum absolute atomic E-state index is 0. The average molecular weight is 433 g/mol. The van der Waals surface area contributed by atoms with Crippen molar-refractivity contribution in [3.8, 4) is 0 Å². The SMILES string of the molecule is [K].[Xe].[Xe].[Xe]. The summed E-state index contributed by atoms with van der Waals surface area (Å²) in [5.41, 5.74) is 0. The maximum atomic E-state index is 0. The fourth-order valence-corrected chi connectivity index (χ4v) is 0. The van der Waals surface area contributed by atoms with Crippen LogP contribution in [0.1, 0.15) is 0 Å². The Kier molecular flexibility index (Phi) is 90.7. The Bertz CT molecular complexity index is 3.25. The summed E-state index contributed by atoms with van der Waals surface area (Å²) in [5, 5.41) is 0. The molecule has 25 valence electrons. The molecule has 0 bridgehead atoms. The summed E-state index contributed by atoms with van der Waals surface area (Å²) < 4.78 is 0. The van der Waals surface area contributed by atoms with Gasteiger partial charge in [-0.05, 0) is 0 Å². The summed E-state index contributed by atoms with van der Waals surface area (Å²) in [6, 6.07) is 0. The second kappa shape index (κ2) is 16.2. The molecule has 0 spiro atoms. The largest absolute Gasteiger partial charge is 0 e. The van der Waals surface area contributed by atoms with Gasteiger partial charge in [-0.1, -0.05) is 0 Å². The molecular weight excluding hydrogens is 433 g/mol. The molecule has 0 aliphatic heterocycles. The van der Waals surface area contributed by atoms with Crippen LogP contribution in [-0.2, 0) is 0 Å². The smallest absolute Gasteiger partial charge is 0 e. The first-order valence-electron chi connectivity index (χ1n) is 0. The molecule has 0 saturated heterocycles. The van der Waals surface area contributed by atoms with Gasteiger partial charge in [0.05, 0.1) is 0 Å². The van der Waals surface area contributed by atoms with Crippen LogP contribution in [0.15, 0.2) is 0 Å². The molecule has 0 N–H and O–H groups in total. The molecule has 0 aromatic carbocycles. The van der Waals surface area contributed by atoms with Gasteiger partial charge in [0.25, 0.3) is 0 Å². The zero-order chi connectivity index (χ0) is 0. The third-order valence-electron chi connectivity index (χ3n) is 0. The Morgan fingerprint density at radius 1 is 0.500 bits per heavy atom. The Balaban J connectivity index is 0. The number of rotatable bonds is 0. The van der Waals surface area contributed by atoms with E-state index < -0.39 is 0 Å². The van der Waals surface area contributed by atoms with Gasteiger partial charge in [-0.15, -0.1) is 0 Å². The fraction of sp³-hybridized carbons (Fsp3) is 0. The van der Waals surface area contributed by atoms with Crippen molar-refractivity contribution in [2.75, 3.05) is 0 Å². The van der Waals surface area contributed by atoms with Crippen LogP contribution in [0.5, 0.6) is 0 Å². The summed E-state index contributed by atoms with van der Waals surface area (Å²) in [7, 11) is 0. The van der Waals surface area contributed by atoms with Gasteiger partial charge < -0.3 is 0 Å². The molecule has 0 saturated carbocycles. The van der Waals surface area contributed by atoms with E-state index in [0.29, 0.717) is 0 Å². The first-order valence-corrected chi connectivity index (χ1v) is 0. The van der Waals surface area contributed by atoms with Crippen molar-refractivity contribution in [1.82, 2.24) is 0 Å². The third-order valence-corrected chi connectivity index (χ3v) is 0. The Morgan fingerprint density at radius 2 is 0.500 bits per heavy atom. The predicted octanol–water partition coefficient (Wildman–Crippen LogP) is -0.381. The van der Waals surface area contributed by atoms with Gasteiger partial charge in [0.15, 0.2) is 0 Å². The van der Waals surface area contributed by atoms with E-state index in [9.17, 15) is 0 Å². The monoisotopic (exact) mass is 435 g/mol. The zero-order valence-electron chi connectivity index (χ0n) is 2.06. The second-order valence-electron chi connectivity index (χ2n) is 0. The van der Waals surface area contributed by atoms with Crippen LogP contribution in [0.3, 0.4) is 0 Å². The molecule has 0 fully saturated rings. The van der Waals surface area contributed by atoms with Crippen LogP contribution in [0.4, 0.5) is 0 Å². The quantitative estimate of drug-likeness (QED) is 0.458. The molecule has 1 radical (unpaired) electrons. The molecule has 0 amide bonds. The van der Waals surface area contributed by atoms with Crippen LogP contribution in [0.25, 0.3) is 0 Å². The fourth-order valence-electron chi connectivity index (χ4n) is 0. The molecular formula is KXe3. The first-order chi connectivity index (χ1) is 0. The van der Waals surface area contributed by atoms with E-state index in [1.54, 1.807) is 0 Å². The van der Waals surface area contributed by atoms with E-state index in [1.165, 1.54) is 0 Å².